The van der Waals surface area contributed by atoms with Gasteiger partial charge >= 0.3 is 6.17 Å². The van der Waals surface area contributed by atoms with E-state index < -0.39 is 0 Å². The molecule has 0 aromatic rings. The summed E-state index contributed by atoms with van der Waals surface area (Å²) in [6.45, 7) is 6.94. The second-order valence-corrected chi connectivity index (χ2v) is 3.41. The van der Waals surface area contributed by atoms with Gasteiger partial charge in [-0.15, -0.1) is 0 Å². The zero-order valence-corrected chi connectivity index (χ0v) is 6.73. The predicted molar refractivity (Wildman–Crippen MR) is 42.8 cm³/mol. The van der Waals surface area contributed by atoms with Gasteiger partial charge in [-0.25, -0.2) is 6.57 Å². The highest BCUT2D eigenvalue weighted by Gasteiger charge is 2.56. The van der Waals surface area contributed by atoms with E-state index in [9.17, 15) is 4.79 Å². The number of fused-ring (bicyclic) bond motifs is 1. The van der Waals surface area contributed by atoms with Crippen molar-refractivity contribution < 1.29 is 4.79 Å². The molecular formula is C8H11N3O. The van der Waals surface area contributed by atoms with Gasteiger partial charge in [0.1, 0.15) is 0 Å². The highest BCUT2D eigenvalue weighted by atomic mass is 16.2. The number of carbonyl (C=O) groups is 1. The van der Waals surface area contributed by atoms with Crippen LogP contribution in [0, 0.1) is 12.5 Å². The molecule has 3 atom stereocenters. The summed E-state index contributed by atoms with van der Waals surface area (Å²) in [5.41, 5.74) is 5.26. The molecule has 2 N–H and O–H groups in total. The molecule has 2 fully saturated rings. The van der Waals surface area contributed by atoms with Crippen LogP contribution in [0.1, 0.15) is 12.8 Å². The first kappa shape index (κ1) is 7.56. The summed E-state index contributed by atoms with van der Waals surface area (Å²) >= 11 is 0. The highest BCUT2D eigenvalue weighted by Crippen LogP contribution is 2.47. The molecule has 2 aliphatic rings. The minimum Gasteiger partial charge on any atom is -0.322 e. The average molecular weight is 165 g/mol. The Balaban J connectivity index is 2.12. The molecule has 0 bridgehead atoms. The van der Waals surface area contributed by atoms with E-state index in [4.69, 9.17) is 12.3 Å². The summed E-state index contributed by atoms with van der Waals surface area (Å²) in [6, 6.07) is 0.347. The van der Waals surface area contributed by atoms with Crippen LogP contribution in [-0.2, 0) is 4.79 Å². The van der Waals surface area contributed by atoms with Crippen molar-refractivity contribution in [1.82, 2.24) is 4.90 Å². The number of hydrogen-bond donors (Lipinski definition) is 1. The van der Waals surface area contributed by atoms with Crippen molar-refractivity contribution in [3.63, 3.8) is 0 Å². The Morgan fingerprint density at radius 3 is 3.00 bits per heavy atom. The predicted octanol–water partition coefficient (Wildman–Crippen LogP) is -0.189. The maximum Gasteiger partial charge on any atom is 0.301 e. The fraction of sp³-hybridized carbons (Fsp3) is 0.750. The van der Waals surface area contributed by atoms with Crippen LogP contribution in [0.15, 0.2) is 0 Å². The second kappa shape index (κ2) is 2.46. The molecule has 1 saturated carbocycles. The van der Waals surface area contributed by atoms with E-state index in [2.05, 4.69) is 4.85 Å². The lowest BCUT2D eigenvalue weighted by Crippen LogP contribution is -2.40. The summed E-state index contributed by atoms with van der Waals surface area (Å²) in [4.78, 5) is 16.4. The molecule has 0 aromatic heterocycles. The molecule has 0 radical (unpaired) electrons. The highest BCUT2D eigenvalue weighted by molar-refractivity contribution is 5.79. The van der Waals surface area contributed by atoms with Gasteiger partial charge in [0, 0.05) is 12.5 Å². The lowest BCUT2D eigenvalue weighted by atomic mass is 10.3. The Morgan fingerprint density at radius 2 is 2.42 bits per heavy atom. The van der Waals surface area contributed by atoms with Gasteiger partial charge in [-0.3, -0.25) is 14.5 Å². The third-order valence-electron chi connectivity index (χ3n) is 2.69. The number of likely N-dealkylation sites (tertiary alicyclic amines) is 1. The Labute approximate surface area is 71.1 Å². The number of piperidine rings is 1. The van der Waals surface area contributed by atoms with Crippen LogP contribution < -0.4 is 5.73 Å². The van der Waals surface area contributed by atoms with Crippen molar-refractivity contribution >= 4 is 5.91 Å². The smallest absolute Gasteiger partial charge is 0.301 e. The normalized spacial score (nSPS) is 37.3. The largest absolute Gasteiger partial charge is 0.322 e. The molecule has 4 heteroatoms. The van der Waals surface area contributed by atoms with Crippen molar-refractivity contribution in [2.45, 2.75) is 25.0 Å². The standard InChI is InChI=1S/C8H11N3O/c1-10-7-3-5-2-6(5)11(7)8(12)4-9/h5-7H,2-4,9H2/t5-,6-,7-/m0/s1. The van der Waals surface area contributed by atoms with E-state index in [1.807, 2.05) is 0 Å². The lowest BCUT2D eigenvalue weighted by molar-refractivity contribution is -0.130. The van der Waals surface area contributed by atoms with E-state index in [0.717, 1.165) is 12.8 Å². The third kappa shape index (κ3) is 0.901. The lowest BCUT2D eigenvalue weighted by Gasteiger charge is -2.17. The van der Waals surface area contributed by atoms with Crippen molar-refractivity contribution in [2.24, 2.45) is 11.7 Å². The average Bonchev–Trinajstić information content (AvgIpc) is 2.76. The molecule has 4 nitrogen and oxygen atoms in total. The van der Waals surface area contributed by atoms with E-state index >= 15 is 0 Å². The van der Waals surface area contributed by atoms with E-state index in [1.165, 1.54) is 0 Å². The second-order valence-electron chi connectivity index (χ2n) is 3.41. The van der Waals surface area contributed by atoms with Crippen molar-refractivity contribution in [2.75, 3.05) is 6.54 Å². The number of rotatable bonds is 1. The Bertz CT molecular complexity index is 258. The van der Waals surface area contributed by atoms with Gasteiger partial charge in [-0.2, -0.15) is 0 Å². The van der Waals surface area contributed by atoms with E-state index in [-0.39, 0.29) is 18.6 Å². The SMILES string of the molecule is [C-]#[N+][C@@H]1C[C@@H]2C[C@@H]2N1C(=O)CN. The summed E-state index contributed by atoms with van der Waals surface area (Å²) < 4.78 is 0. The van der Waals surface area contributed by atoms with Gasteiger partial charge in [-0.1, -0.05) is 0 Å². The zero-order valence-electron chi connectivity index (χ0n) is 6.73. The van der Waals surface area contributed by atoms with Crippen molar-refractivity contribution in [3.05, 3.63) is 11.4 Å². The molecule has 12 heavy (non-hydrogen) atoms. The van der Waals surface area contributed by atoms with Crippen LogP contribution in [0.2, 0.25) is 0 Å². The van der Waals surface area contributed by atoms with Crippen LogP contribution in [0.5, 0.6) is 0 Å². The van der Waals surface area contributed by atoms with Crippen LogP contribution in [-0.4, -0.2) is 29.6 Å². The fourth-order valence-electron chi connectivity index (χ4n) is 2.00. The molecule has 1 amide bonds. The van der Waals surface area contributed by atoms with Crippen LogP contribution in [0.4, 0.5) is 0 Å². The first-order valence-corrected chi connectivity index (χ1v) is 4.15. The van der Waals surface area contributed by atoms with Crippen molar-refractivity contribution in [1.29, 1.82) is 0 Å². The van der Waals surface area contributed by atoms with E-state index in [1.54, 1.807) is 4.90 Å². The zero-order chi connectivity index (χ0) is 8.72. The van der Waals surface area contributed by atoms with Crippen LogP contribution >= 0.6 is 0 Å². The van der Waals surface area contributed by atoms with Gasteiger partial charge < -0.3 is 5.73 Å². The molecular weight excluding hydrogens is 154 g/mol. The van der Waals surface area contributed by atoms with Crippen LogP contribution in [0.3, 0.4) is 0 Å². The number of nitrogens with zero attached hydrogens (tertiary/aromatic N) is 2. The first-order chi connectivity index (χ1) is 5.77. The third-order valence-corrected chi connectivity index (χ3v) is 2.69. The molecule has 0 unspecified atom stereocenters. The van der Waals surface area contributed by atoms with Gasteiger partial charge in [0.15, 0.2) is 0 Å². The summed E-state index contributed by atoms with van der Waals surface area (Å²) in [5, 5.41) is 0. The summed E-state index contributed by atoms with van der Waals surface area (Å²) in [7, 11) is 0. The monoisotopic (exact) mass is 165 g/mol. The number of carbonyl (C=O) groups excluding carboxylic acids is 1. The van der Waals surface area contributed by atoms with Gasteiger partial charge in [0.05, 0.1) is 6.54 Å². The van der Waals surface area contributed by atoms with E-state index in [0.29, 0.717) is 12.0 Å². The minimum absolute atomic E-state index is 0.0369. The number of nitrogens with two attached hydrogens (primary N) is 1. The molecule has 1 heterocycles. The molecule has 1 aliphatic heterocycles. The summed E-state index contributed by atoms with van der Waals surface area (Å²) in [6.07, 6.45) is 1.72. The maximum absolute atomic E-state index is 11.3. The van der Waals surface area contributed by atoms with Crippen LogP contribution in [0.25, 0.3) is 4.85 Å². The van der Waals surface area contributed by atoms with Crippen molar-refractivity contribution in [3.8, 4) is 0 Å². The quantitative estimate of drug-likeness (QED) is 0.547. The summed E-state index contributed by atoms with van der Waals surface area (Å²) in [5.74, 6) is 0.528. The Hall–Kier alpha value is -1.08. The molecule has 1 saturated heterocycles. The minimum atomic E-state index is -0.218. The Morgan fingerprint density at radius 1 is 1.67 bits per heavy atom. The topological polar surface area (TPSA) is 50.7 Å². The molecule has 0 aromatic carbocycles. The number of hydrogen-bond acceptors (Lipinski definition) is 2. The van der Waals surface area contributed by atoms with Gasteiger partial charge in [0.25, 0.3) is 0 Å². The molecule has 2 rings (SSSR count). The molecule has 1 aliphatic carbocycles. The Kier molecular flexibility index (Phi) is 1.55. The fourth-order valence-corrected chi connectivity index (χ4v) is 2.00. The molecule has 0 spiro atoms. The number of amides is 1. The van der Waals surface area contributed by atoms with Gasteiger partial charge in [0.2, 0.25) is 5.91 Å². The molecule has 64 valence electrons. The first-order valence-electron chi connectivity index (χ1n) is 4.15. The maximum atomic E-state index is 11.3. The van der Waals surface area contributed by atoms with Gasteiger partial charge in [-0.05, 0) is 12.3 Å².